The highest BCUT2D eigenvalue weighted by molar-refractivity contribution is 6.76. The normalized spacial score (nSPS) is 37.8. The molecule has 0 radical (unpaired) electrons. The highest BCUT2D eigenvalue weighted by Crippen LogP contribution is 2.22. The van der Waals surface area contributed by atoms with Gasteiger partial charge < -0.3 is 29.9 Å². The monoisotopic (exact) mass is 280 g/mol. The lowest BCUT2D eigenvalue weighted by atomic mass is 9.99. The third kappa shape index (κ3) is 4.27. The summed E-state index contributed by atoms with van der Waals surface area (Å²) in [7, 11) is -1.24. The van der Waals surface area contributed by atoms with Gasteiger partial charge in [-0.05, 0) is 6.04 Å². The van der Waals surface area contributed by atoms with Gasteiger partial charge in [-0.3, -0.25) is 0 Å². The Morgan fingerprint density at radius 3 is 2.17 bits per heavy atom. The molecule has 1 fully saturated rings. The average molecular weight is 280 g/mol. The molecule has 1 saturated heterocycles. The molecule has 5 atom stereocenters. The molecule has 7 heteroatoms. The SMILES string of the molecule is C[Si](C)(C)CCO[C@@H]1OC(CO)[C@H](O)[C@H](O)C1O. The molecule has 18 heavy (non-hydrogen) atoms. The molecule has 6 nitrogen and oxygen atoms in total. The maximum Gasteiger partial charge on any atom is 0.186 e. The van der Waals surface area contributed by atoms with E-state index in [0.29, 0.717) is 6.61 Å². The summed E-state index contributed by atoms with van der Waals surface area (Å²) >= 11 is 0. The number of hydrogen-bond acceptors (Lipinski definition) is 6. The molecule has 0 spiro atoms. The molecule has 0 aliphatic carbocycles. The Morgan fingerprint density at radius 2 is 1.67 bits per heavy atom. The van der Waals surface area contributed by atoms with Gasteiger partial charge in [0, 0.05) is 14.7 Å². The second kappa shape index (κ2) is 6.42. The number of aliphatic hydroxyl groups excluding tert-OH is 4. The van der Waals surface area contributed by atoms with Crippen molar-refractivity contribution in [2.45, 2.75) is 56.4 Å². The lowest BCUT2D eigenvalue weighted by molar-refractivity contribution is -0.300. The number of aliphatic hydroxyl groups is 4. The molecule has 0 amide bonds. The van der Waals surface area contributed by atoms with Crippen molar-refractivity contribution in [3.63, 3.8) is 0 Å². The number of hydrogen-bond donors (Lipinski definition) is 4. The lowest BCUT2D eigenvalue weighted by Gasteiger charge is -2.39. The Morgan fingerprint density at radius 1 is 1.06 bits per heavy atom. The Balaban J connectivity index is 2.49. The molecule has 0 aromatic heterocycles. The largest absolute Gasteiger partial charge is 0.394 e. The van der Waals surface area contributed by atoms with Crippen molar-refractivity contribution in [2.75, 3.05) is 13.2 Å². The standard InChI is InChI=1S/C11H24O6Si/c1-18(2,3)5-4-16-11-10(15)9(14)8(13)7(6-12)17-11/h7-15H,4-6H2,1-3H3/t7?,8-,9-,10?,11+/m0/s1. The van der Waals surface area contributed by atoms with Crippen molar-refractivity contribution in [3.8, 4) is 0 Å². The van der Waals surface area contributed by atoms with Crippen LogP contribution in [-0.2, 0) is 9.47 Å². The van der Waals surface area contributed by atoms with Crippen LogP contribution in [0.15, 0.2) is 0 Å². The van der Waals surface area contributed by atoms with Crippen LogP contribution in [0.3, 0.4) is 0 Å². The smallest absolute Gasteiger partial charge is 0.186 e. The summed E-state index contributed by atoms with van der Waals surface area (Å²) in [5.41, 5.74) is 0. The first-order valence-corrected chi connectivity index (χ1v) is 9.89. The van der Waals surface area contributed by atoms with E-state index in [1.807, 2.05) is 0 Å². The van der Waals surface area contributed by atoms with E-state index in [2.05, 4.69) is 19.6 Å². The summed E-state index contributed by atoms with van der Waals surface area (Å²) in [6.45, 7) is 6.59. The number of rotatable bonds is 5. The van der Waals surface area contributed by atoms with Crippen LogP contribution in [0.1, 0.15) is 0 Å². The van der Waals surface area contributed by atoms with E-state index in [1.54, 1.807) is 0 Å². The van der Waals surface area contributed by atoms with E-state index in [4.69, 9.17) is 14.6 Å². The summed E-state index contributed by atoms with van der Waals surface area (Å²) < 4.78 is 10.6. The molecule has 2 unspecified atom stereocenters. The first-order valence-electron chi connectivity index (χ1n) is 6.18. The van der Waals surface area contributed by atoms with E-state index in [9.17, 15) is 15.3 Å². The molecule has 1 aliphatic rings. The van der Waals surface area contributed by atoms with Gasteiger partial charge in [0.1, 0.15) is 24.4 Å². The molecular weight excluding hydrogens is 256 g/mol. The summed E-state index contributed by atoms with van der Waals surface area (Å²) in [4.78, 5) is 0. The quantitative estimate of drug-likeness (QED) is 0.489. The van der Waals surface area contributed by atoms with Crippen molar-refractivity contribution in [3.05, 3.63) is 0 Å². The highest BCUT2D eigenvalue weighted by atomic mass is 28.3. The van der Waals surface area contributed by atoms with Gasteiger partial charge in [-0.2, -0.15) is 0 Å². The van der Waals surface area contributed by atoms with Gasteiger partial charge in [-0.25, -0.2) is 0 Å². The lowest BCUT2D eigenvalue weighted by Crippen LogP contribution is -2.59. The van der Waals surface area contributed by atoms with Gasteiger partial charge in [-0.1, -0.05) is 19.6 Å². The van der Waals surface area contributed by atoms with Crippen molar-refractivity contribution in [1.29, 1.82) is 0 Å². The van der Waals surface area contributed by atoms with Crippen LogP contribution in [0, 0.1) is 0 Å². The maximum absolute atomic E-state index is 9.72. The topological polar surface area (TPSA) is 99.4 Å². The zero-order chi connectivity index (χ0) is 13.9. The molecule has 0 aromatic rings. The van der Waals surface area contributed by atoms with Crippen LogP contribution in [0.25, 0.3) is 0 Å². The molecule has 0 saturated carbocycles. The predicted octanol–water partition coefficient (Wildman–Crippen LogP) is -0.859. The second-order valence-electron chi connectivity index (χ2n) is 5.88. The molecule has 108 valence electrons. The van der Waals surface area contributed by atoms with Crippen molar-refractivity contribution in [1.82, 2.24) is 0 Å². The third-order valence-electron chi connectivity index (χ3n) is 2.98. The van der Waals surface area contributed by atoms with Gasteiger partial charge in [0.15, 0.2) is 6.29 Å². The van der Waals surface area contributed by atoms with E-state index in [0.717, 1.165) is 6.04 Å². The zero-order valence-corrected chi connectivity index (χ0v) is 12.1. The highest BCUT2D eigenvalue weighted by Gasteiger charge is 2.43. The number of ether oxygens (including phenoxy) is 2. The van der Waals surface area contributed by atoms with Crippen LogP contribution in [-0.4, -0.2) is 72.4 Å². The Labute approximate surface area is 108 Å². The zero-order valence-electron chi connectivity index (χ0n) is 11.1. The minimum atomic E-state index is -1.37. The maximum atomic E-state index is 9.72. The van der Waals surface area contributed by atoms with Gasteiger partial charge in [0.05, 0.1) is 6.61 Å². The van der Waals surface area contributed by atoms with Crippen LogP contribution in [0.5, 0.6) is 0 Å². The molecule has 0 bridgehead atoms. The molecule has 1 heterocycles. The fourth-order valence-electron chi connectivity index (χ4n) is 1.69. The molecule has 1 rings (SSSR count). The van der Waals surface area contributed by atoms with Crippen molar-refractivity contribution >= 4 is 8.07 Å². The van der Waals surface area contributed by atoms with Crippen LogP contribution < -0.4 is 0 Å². The molecule has 1 aliphatic heterocycles. The average Bonchev–Trinajstić information content (AvgIpc) is 2.27. The van der Waals surface area contributed by atoms with E-state index in [1.165, 1.54) is 0 Å². The minimum absolute atomic E-state index is 0.429. The molecular formula is C11H24O6Si. The van der Waals surface area contributed by atoms with Gasteiger partial charge in [-0.15, -0.1) is 0 Å². The van der Waals surface area contributed by atoms with Crippen molar-refractivity contribution < 1.29 is 29.9 Å². The fraction of sp³-hybridized carbons (Fsp3) is 1.00. The third-order valence-corrected chi connectivity index (χ3v) is 4.69. The van der Waals surface area contributed by atoms with E-state index < -0.39 is 45.4 Å². The molecule has 0 aromatic carbocycles. The van der Waals surface area contributed by atoms with Crippen LogP contribution in [0.4, 0.5) is 0 Å². The Bertz CT molecular complexity index is 254. The first-order chi connectivity index (χ1) is 8.26. The van der Waals surface area contributed by atoms with Crippen LogP contribution in [0.2, 0.25) is 25.7 Å². The van der Waals surface area contributed by atoms with Gasteiger partial charge in [0.2, 0.25) is 0 Å². The predicted molar refractivity (Wildman–Crippen MR) is 67.9 cm³/mol. The summed E-state index contributed by atoms with van der Waals surface area (Å²) in [6, 6.07) is 0.905. The van der Waals surface area contributed by atoms with Crippen LogP contribution >= 0.6 is 0 Å². The summed E-state index contributed by atoms with van der Waals surface area (Å²) in [5.74, 6) is 0. The fourth-order valence-corrected chi connectivity index (χ4v) is 2.42. The van der Waals surface area contributed by atoms with Crippen molar-refractivity contribution in [2.24, 2.45) is 0 Å². The summed E-state index contributed by atoms with van der Waals surface area (Å²) in [6.07, 6.45) is -5.91. The van der Waals surface area contributed by atoms with Gasteiger partial charge in [0.25, 0.3) is 0 Å². The first kappa shape index (κ1) is 16.0. The summed E-state index contributed by atoms with van der Waals surface area (Å²) in [5, 5.41) is 37.9. The van der Waals surface area contributed by atoms with Gasteiger partial charge >= 0.3 is 0 Å². The van der Waals surface area contributed by atoms with E-state index >= 15 is 0 Å². The minimum Gasteiger partial charge on any atom is -0.394 e. The molecule has 4 N–H and O–H groups in total. The second-order valence-corrected chi connectivity index (χ2v) is 11.5. The Hall–Kier alpha value is -0.0231. The Kier molecular flexibility index (Phi) is 5.72. The van der Waals surface area contributed by atoms with E-state index in [-0.39, 0.29) is 0 Å².